The number of carbonyl (C=O) groups excluding carboxylic acids is 2. The Morgan fingerprint density at radius 3 is 2.76 bits per heavy atom. The first-order valence-corrected chi connectivity index (χ1v) is 9.65. The van der Waals surface area contributed by atoms with Crippen molar-refractivity contribution in [2.24, 2.45) is 0 Å². The lowest BCUT2D eigenvalue weighted by atomic mass is 9.96. The van der Waals surface area contributed by atoms with Crippen molar-refractivity contribution in [2.75, 3.05) is 6.54 Å². The van der Waals surface area contributed by atoms with E-state index >= 15 is 0 Å². The van der Waals surface area contributed by atoms with Crippen LogP contribution in [-0.4, -0.2) is 24.5 Å². The first kappa shape index (κ1) is 17.7. The van der Waals surface area contributed by atoms with Gasteiger partial charge in [0.25, 0.3) is 5.91 Å². The topological polar surface area (TPSA) is 55.4 Å². The minimum Gasteiger partial charge on any atom is -0.449 e. The molecule has 0 spiro atoms. The van der Waals surface area contributed by atoms with E-state index < -0.39 is 6.10 Å². The third kappa shape index (κ3) is 4.48. The number of ether oxygens (including phenoxy) is 1. The van der Waals surface area contributed by atoms with Gasteiger partial charge in [-0.3, -0.25) is 4.79 Å². The molecule has 3 rings (SSSR count). The highest BCUT2D eigenvalue weighted by Crippen LogP contribution is 2.30. The first-order valence-electron chi connectivity index (χ1n) is 8.77. The fourth-order valence-electron chi connectivity index (χ4n) is 3.06. The van der Waals surface area contributed by atoms with E-state index in [1.54, 1.807) is 18.3 Å². The Morgan fingerprint density at radius 1 is 1.20 bits per heavy atom. The predicted molar refractivity (Wildman–Crippen MR) is 99.0 cm³/mol. The highest BCUT2D eigenvalue weighted by atomic mass is 32.1. The summed E-state index contributed by atoms with van der Waals surface area (Å²) in [6, 6.07) is 9.96. The van der Waals surface area contributed by atoms with Gasteiger partial charge in [0, 0.05) is 16.8 Å². The molecule has 0 radical (unpaired) electrons. The van der Waals surface area contributed by atoms with E-state index in [-0.39, 0.29) is 11.9 Å². The molecule has 2 aromatic rings. The van der Waals surface area contributed by atoms with Gasteiger partial charge in [0.15, 0.2) is 6.10 Å². The van der Waals surface area contributed by atoms with Crippen LogP contribution >= 0.6 is 11.3 Å². The first-order chi connectivity index (χ1) is 12.1. The average molecular weight is 357 g/mol. The fourth-order valence-corrected chi connectivity index (χ4v) is 4.18. The zero-order valence-electron chi connectivity index (χ0n) is 14.4. The van der Waals surface area contributed by atoms with E-state index in [1.165, 1.54) is 11.3 Å². The molecule has 132 valence electrons. The molecule has 25 heavy (non-hydrogen) atoms. The van der Waals surface area contributed by atoms with Gasteiger partial charge in [-0.15, -0.1) is 11.3 Å². The number of fused-ring (bicyclic) bond motifs is 1. The van der Waals surface area contributed by atoms with Crippen LogP contribution in [0.25, 0.3) is 0 Å². The van der Waals surface area contributed by atoms with Crippen molar-refractivity contribution in [3.05, 3.63) is 57.3 Å². The fraction of sp³-hybridized carbons (Fsp3) is 0.400. The molecule has 1 aromatic carbocycles. The summed E-state index contributed by atoms with van der Waals surface area (Å²) in [6.07, 6.45) is 4.24. The van der Waals surface area contributed by atoms with Crippen LogP contribution < -0.4 is 5.32 Å². The Balaban J connectivity index is 1.49. The van der Waals surface area contributed by atoms with E-state index in [4.69, 9.17) is 4.74 Å². The van der Waals surface area contributed by atoms with Crippen molar-refractivity contribution in [1.82, 2.24) is 5.32 Å². The van der Waals surface area contributed by atoms with Crippen LogP contribution in [0.4, 0.5) is 0 Å². The second-order valence-electron chi connectivity index (χ2n) is 6.33. The van der Waals surface area contributed by atoms with Crippen molar-refractivity contribution < 1.29 is 14.3 Å². The molecular formula is C20H23NO3S. The van der Waals surface area contributed by atoms with Crippen molar-refractivity contribution >= 4 is 23.2 Å². The van der Waals surface area contributed by atoms with Gasteiger partial charge in [-0.2, -0.15) is 0 Å². The minimum atomic E-state index is -0.789. The number of rotatable bonds is 6. The number of nitrogens with one attached hydrogen (secondary N) is 1. The average Bonchev–Trinajstić information content (AvgIpc) is 3.06. The van der Waals surface area contributed by atoms with E-state index in [0.717, 1.165) is 36.8 Å². The Morgan fingerprint density at radius 2 is 1.96 bits per heavy atom. The van der Waals surface area contributed by atoms with Gasteiger partial charge >= 0.3 is 5.97 Å². The second-order valence-corrected chi connectivity index (χ2v) is 7.30. The molecule has 1 N–H and O–H groups in total. The van der Waals surface area contributed by atoms with Crippen LogP contribution in [0.1, 0.15) is 46.1 Å². The second kappa shape index (κ2) is 8.30. The van der Waals surface area contributed by atoms with Crippen LogP contribution in [0.2, 0.25) is 0 Å². The van der Waals surface area contributed by atoms with Gasteiger partial charge in [-0.1, -0.05) is 30.3 Å². The summed E-state index contributed by atoms with van der Waals surface area (Å²) in [5.41, 5.74) is 2.93. The molecular weight excluding hydrogens is 334 g/mol. The summed E-state index contributed by atoms with van der Waals surface area (Å²) < 4.78 is 5.38. The maximum atomic E-state index is 12.4. The van der Waals surface area contributed by atoms with Crippen LogP contribution in [-0.2, 0) is 28.8 Å². The molecule has 1 atom stereocenters. The lowest BCUT2D eigenvalue weighted by molar-refractivity contribution is -0.129. The van der Waals surface area contributed by atoms with Gasteiger partial charge in [0.2, 0.25) is 0 Å². The molecule has 1 aliphatic carbocycles. The highest BCUT2D eigenvalue weighted by molar-refractivity contribution is 7.10. The molecule has 5 heteroatoms. The van der Waals surface area contributed by atoms with Crippen molar-refractivity contribution in [2.45, 2.75) is 45.1 Å². The predicted octanol–water partition coefficient (Wildman–Crippen LogP) is 3.53. The van der Waals surface area contributed by atoms with E-state index in [2.05, 4.69) is 5.32 Å². The maximum Gasteiger partial charge on any atom is 0.340 e. The van der Waals surface area contributed by atoms with Crippen molar-refractivity contribution in [3.8, 4) is 0 Å². The summed E-state index contributed by atoms with van der Waals surface area (Å²) >= 11 is 1.63. The minimum absolute atomic E-state index is 0.256. The molecule has 0 unspecified atom stereocenters. The molecule has 0 saturated heterocycles. The number of thiophene rings is 1. The standard InChI is InChI=1S/C20H23NO3S/c1-14(19(22)21-12-11-15-7-3-2-4-8-15)24-20(23)17-13-25-18-10-6-5-9-16(17)18/h2-4,7-8,13-14H,5-6,9-12H2,1H3,(H,21,22)/t14-/m1/s1. The molecule has 1 aromatic heterocycles. The number of benzene rings is 1. The van der Waals surface area contributed by atoms with Crippen molar-refractivity contribution in [1.29, 1.82) is 0 Å². The highest BCUT2D eigenvalue weighted by Gasteiger charge is 2.24. The SMILES string of the molecule is C[C@@H](OC(=O)c1csc2c1CCCC2)C(=O)NCCc1ccccc1. The van der Waals surface area contributed by atoms with Crippen LogP contribution in [0.15, 0.2) is 35.7 Å². The largest absolute Gasteiger partial charge is 0.449 e. The number of carbonyl (C=O) groups is 2. The lowest BCUT2D eigenvalue weighted by Crippen LogP contribution is -2.37. The van der Waals surface area contributed by atoms with Crippen LogP contribution in [0, 0.1) is 0 Å². The molecule has 0 bridgehead atoms. The third-order valence-corrected chi connectivity index (χ3v) is 5.58. The monoisotopic (exact) mass is 357 g/mol. The molecule has 0 aliphatic heterocycles. The summed E-state index contributed by atoms with van der Waals surface area (Å²) in [6.45, 7) is 2.15. The van der Waals surface area contributed by atoms with E-state index in [9.17, 15) is 9.59 Å². The Hall–Kier alpha value is -2.14. The smallest absolute Gasteiger partial charge is 0.340 e. The normalized spacial score (nSPS) is 14.4. The van der Waals surface area contributed by atoms with E-state index in [0.29, 0.717) is 12.1 Å². The van der Waals surface area contributed by atoms with E-state index in [1.807, 2.05) is 35.7 Å². The summed E-state index contributed by atoms with van der Waals surface area (Å²) in [5, 5.41) is 4.70. The van der Waals surface area contributed by atoms with Gasteiger partial charge in [-0.05, 0) is 50.2 Å². The third-order valence-electron chi connectivity index (χ3n) is 4.49. The number of aryl methyl sites for hydroxylation is 1. The zero-order chi connectivity index (χ0) is 17.6. The number of esters is 1. The Bertz CT molecular complexity index is 739. The number of amides is 1. The molecule has 0 saturated carbocycles. The number of hydrogen-bond acceptors (Lipinski definition) is 4. The molecule has 0 fully saturated rings. The quantitative estimate of drug-likeness (QED) is 0.805. The van der Waals surface area contributed by atoms with Gasteiger partial charge in [0.05, 0.1) is 5.56 Å². The summed E-state index contributed by atoms with van der Waals surface area (Å²) in [5.74, 6) is -0.640. The van der Waals surface area contributed by atoms with Crippen LogP contribution in [0.5, 0.6) is 0 Å². The van der Waals surface area contributed by atoms with Crippen molar-refractivity contribution in [3.63, 3.8) is 0 Å². The molecule has 1 amide bonds. The van der Waals surface area contributed by atoms with Gasteiger partial charge < -0.3 is 10.1 Å². The van der Waals surface area contributed by atoms with Gasteiger partial charge in [0.1, 0.15) is 0 Å². The summed E-state index contributed by atoms with van der Waals surface area (Å²) in [4.78, 5) is 25.8. The molecule has 4 nitrogen and oxygen atoms in total. The zero-order valence-corrected chi connectivity index (χ0v) is 15.2. The Labute approximate surface area is 152 Å². The number of hydrogen-bond donors (Lipinski definition) is 1. The Kier molecular flexibility index (Phi) is 5.87. The lowest BCUT2D eigenvalue weighted by Gasteiger charge is -2.15. The summed E-state index contributed by atoms with van der Waals surface area (Å²) in [7, 11) is 0. The maximum absolute atomic E-state index is 12.4. The molecule has 1 heterocycles. The molecule has 1 aliphatic rings. The van der Waals surface area contributed by atoms with Crippen LogP contribution in [0.3, 0.4) is 0 Å². The van der Waals surface area contributed by atoms with Gasteiger partial charge in [-0.25, -0.2) is 4.79 Å².